The van der Waals surface area contributed by atoms with E-state index in [4.69, 9.17) is 0 Å². The van der Waals surface area contributed by atoms with Crippen molar-refractivity contribution in [1.29, 1.82) is 0 Å². The molecular formula is C25H24N2O2. The van der Waals surface area contributed by atoms with Crippen LogP contribution in [0.25, 0.3) is 0 Å². The van der Waals surface area contributed by atoms with Gasteiger partial charge in [-0.25, -0.2) is 0 Å². The van der Waals surface area contributed by atoms with Crippen molar-refractivity contribution < 1.29 is 9.59 Å². The number of fused-ring (bicyclic) bond motifs is 1. The average molecular weight is 384 g/mol. The lowest BCUT2D eigenvalue weighted by Gasteiger charge is -2.18. The van der Waals surface area contributed by atoms with Crippen LogP contribution in [0.3, 0.4) is 0 Å². The molecule has 0 saturated heterocycles. The summed E-state index contributed by atoms with van der Waals surface area (Å²) in [6.45, 7) is 5.16. The van der Waals surface area contributed by atoms with Gasteiger partial charge in [0.15, 0.2) is 0 Å². The van der Waals surface area contributed by atoms with Crippen molar-refractivity contribution in [2.75, 3.05) is 11.4 Å². The SMILES string of the molecule is Cc1ccc(C(=O)NCc2ccc3c(c2)CCN3C(=O)c2ccc(C)cc2)cc1. The molecule has 0 unspecified atom stereocenters. The van der Waals surface area contributed by atoms with Gasteiger partial charge in [-0.15, -0.1) is 0 Å². The maximum Gasteiger partial charge on any atom is 0.258 e. The third-order valence-corrected chi connectivity index (χ3v) is 5.35. The Labute approximate surface area is 171 Å². The lowest BCUT2D eigenvalue weighted by atomic mass is 10.1. The van der Waals surface area contributed by atoms with Gasteiger partial charge in [0.05, 0.1) is 0 Å². The molecule has 0 spiro atoms. The van der Waals surface area contributed by atoms with E-state index in [0.29, 0.717) is 24.2 Å². The molecule has 29 heavy (non-hydrogen) atoms. The molecule has 0 radical (unpaired) electrons. The first-order valence-electron chi connectivity index (χ1n) is 9.86. The summed E-state index contributed by atoms with van der Waals surface area (Å²) in [6, 6.07) is 21.3. The summed E-state index contributed by atoms with van der Waals surface area (Å²) in [6.07, 6.45) is 0.826. The van der Waals surface area contributed by atoms with Crippen LogP contribution >= 0.6 is 0 Å². The molecule has 1 heterocycles. The van der Waals surface area contributed by atoms with Crippen molar-refractivity contribution in [1.82, 2.24) is 5.32 Å². The summed E-state index contributed by atoms with van der Waals surface area (Å²) in [5.41, 5.74) is 6.78. The van der Waals surface area contributed by atoms with Gasteiger partial charge in [0.25, 0.3) is 11.8 Å². The third kappa shape index (κ3) is 4.06. The van der Waals surface area contributed by atoms with Gasteiger partial charge in [0.1, 0.15) is 0 Å². The number of nitrogens with one attached hydrogen (secondary N) is 1. The van der Waals surface area contributed by atoms with Crippen molar-refractivity contribution in [3.63, 3.8) is 0 Å². The van der Waals surface area contributed by atoms with Gasteiger partial charge in [0, 0.05) is 29.9 Å². The van der Waals surface area contributed by atoms with Gasteiger partial charge in [-0.05, 0) is 61.7 Å². The predicted molar refractivity (Wildman–Crippen MR) is 115 cm³/mol. The molecule has 0 aliphatic carbocycles. The van der Waals surface area contributed by atoms with Gasteiger partial charge in [-0.1, -0.05) is 47.5 Å². The fraction of sp³-hybridized carbons (Fsp3) is 0.200. The standard InChI is InChI=1S/C25H24N2O2/c1-17-3-8-20(9-4-17)24(28)26-16-19-7-12-23-22(15-19)13-14-27(23)25(29)21-10-5-18(2)6-11-21/h3-12,15H,13-14,16H2,1-2H3,(H,26,28). The third-order valence-electron chi connectivity index (χ3n) is 5.35. The van der Waals surface area contributed by atoms with Gasteiger partial charge in [-0.2, -0.15) is 0 Å². The second kappa shape index (κ2) is 7.92. The minimum atomic E-state index is -0.0818. The van der Waals surface area contributed by atoms with Gasteiger partial charge in [-0.3, -0.25) is 9.59 Å². The molecular weight excluding hydrogens is 360 g/mol. The molecule has 146 valence electrons. The number of rotatable bonds is 4. The Balaban J connectivity index is 1.44. The van der Waals surface area contributed by atoms with E-state index < -0.39 is 0 Å². The zero-order chi connectivity index (χ0) is 20.4. The van der Waals surface area contributed by atoms with Crippen LogP contribution in [0.1, 0.15) is 43.0 Å². The molecule has 4 nitrogen and oxygen atoms in total. The number of amides is 2. The molecule has 1 aliphatic rings. The zero-order valence-corrected chi connectivity index (χ0v) is 16.7. The van der Waals surface area contributed by atoms with Crippen LogP contribution in [-0.2, 0) is 13.0 Å². The predicted octanol–water partition coefficient (Wildman–Crippen LogP) is 4.44. The molecule has 0 fully saturated rings. The number of benzene rings is 3. The van der Waals surface area contributed by atoms with Crippen LogP contribution in [0, 0.1) is 13.8 Å². The van der Waals surface area contributed by atoms with E-state index in [1.165, 1.54) is 0 Å². The van der Waals surface area contributed by atoms with E-state index in [0.717, 1.165) is 34.4 Å². The number of aryl methyl sites for hydroxylation is 2. The van der Waals surface area contributed by atoms with Crippen molar-refractivity contribution in [2.45, 2.75) is 26.8 Å². The monoisotopic (exact) mass is 384 g/mol. The number of anilines is 1. The Morgan fingerprint density at radius 3 is 2.14 bits per heavy atom. The molecule has 4 rings (SSSR count). The van der Waals surface area contributed by atoms with E-state index in [1.54, 1.807) is 0 Å². The summed E-state index contributed by atoms with van der Waals surface area (Å²) < 4.78 is 0. The Morgan fingerprint density at radius 2 is 1.48 bits per heavy atom. The highest BCUT2D eigenvalue weighted by Crippen LogP contribution is 2.30. The van der Waals surface area contributed by atoms with E-state index in [2.05, 4.69) is 11.4 Å². The second-order valence-corrected chi connectivity index (χ2v) is 7.58. The minimum absolute atomic E-state index is 0.0316. The summed E-state index contributed by atoms with van der Waals surface area (Å²) >= 11 is 0. The largest absolute Gasteiger partial charge is 0.348 e. The maximum atomic E-state index is 12.9. The van der Waals surface area contributed by atoms with Crippen molar-refractivity contribution in [2.24, 2.45) is 0 Å². The first kappa shape index (κ1) is 18.9. The molecule has 1 N–H and O–H groups in total. The first-order valence-corrected chi connectivity index (χ1v) is 9.86. The van der Waals surface area contributed by atoms with E-state index in [1.807, 2.05) is 79.4 Å². The van der Waals surface area contributed by atoms with Crippen LogP contribution in [0.15, 0.2) is 66.7 Å². The summed E-state index contributed by atoms with van der Waals surface area (Å²) in [5, 5.41) is 2.97. The highest BCUT2D eigenvalue weighted by molar-refractivity contribution is 6.07. The molecule has 3 aromatic carbocycles. The zero-order valence-electron chi connectivity index (χ0n) is 16.7. The van der Waals surface area contributed by atoms with E-state index in [9.17, 15) is 9.59 Å². The molecule has 0 atom stereocenters. The van der Waals surface area contributed by atoms with Crippen molar-refractivity contribution >= 4 is 17.5 Å². The molecule has 0 saturated carbocycles. The van der Waals surface area contributed by atoms with Gasteiger partial charge in [0.2, 0.25) is 0 Å². The highest BCUT2D eigenvalue weighted by atomic mass is 16.2. The number of hydrogen-bond acceptors (Lipinski definition) is 2. The molecule has 2 amide bonds. The van der Waals surface area contributed by atoms with Crippen molar-refractivity contribution in [3.05, 3.63) is 100 Å². The van der Waals surface area contributed by atoms with Crippen LogP contribution in [0.5, 0.6) is 0 Å². The number of carbonyl (C=O) groups excluding carboxylic acids is 2. The molecule has 0 bridgehead atoms. The fourth-order valence-corrected chi connectivity index (χ4v) is 3.62. The Morgan fingerprint density at radius 1 is 0.862 bits per heavy atom. The van der Waals surface area contributed by atoms with Gasteiger partial charge >= 0.3 is 0 Å². The Kier molecular flexibility index (Phi) is 5.17. The topological polar surface area (TPSA) is 49.4 Å². The second-order valence-electron chi connectivity index (χ2n) is 7.58. The number of hydrogen-bond donors (Lipinski definition) is 1. The number of carbonyl (C=O) groups is 2. The summed E-state index contributed by atoms with van der Waals surface area (Å²) in [4.78, 5) is 27.0. The fourth-order valence-electron chi connectivity index (χ4n) is 3.62. The van der Waals surface area contributed by atoms with Gasteiger partial charge < -0.3 is 10.2 Å². The average Bonchev–Trinajstić information content (AvgIpc) is 3.16. The smallest absolute Gasteiger partial charge is 0.258 e. The quantitative estimate of drug-likeness (QED) is 0.723. The molecule has 3 aromatic rings. The number of nitrogens with zero attached hydrogens (tertiary/aromatic N) is 1. The lowest BCUT2D eigenvalue weighted by Crippen LogP contribution is -2.28. The van der Waals surface area contributed by atoms with Crippen molar-refractivity contribution in [3.8, 4) is 0 Å². The van der Waals surface area contributed by atoms with E-state index in [-0.39, 0.29) is 11.8 Å². The highest BCUT2D eigenvalue weighted by Gasteiger charge is 2.25. The maximum absolute atomic E-state index is 12.9. The molecule has 0 aromatic heterocycles. The van der Waals surface area contributed by atoms with Crippen LogP contribution < -0.4 is 10.2 Å². The van der Waals surface area contributed by atoms with Crippen LogP contribution in [0.4, 0.5) is 5.69 Å². The summed E-state index contributed by atoms with van der Waals surface area (Å²) in [5.74, 6) is -0.0501. The lowest BCUT2D eigenvalue weighted by molar-refractivity contribution is 0.0949. The summed E-state index contributed by atoms with van der Waals surface area (Å²) in [7, 11) is 0. The van der Waals surface area contributed by atoms with E-state index >= 15 is 0 Å². The van der Waals surface area contributed by atoms with Crippen LogP contribution in [0.2, 0.25) is 0 Å². The Bertz CT molecular complexity index is 1050. The van der Waals surface area contributed by atoms with Crippen LogP contribution in [-0.4, -0.2) is 18.4 Å². The molecule has 4 heteroatoms. The molecule has 1 aliphatic heterocycles. The Hall–Kier alpha value is -3.40. The first-order chi connectivity index (χ1) is 14.0. The normalized spacial score (nSPS) is 12.6. The minimum Gasteiger partial charge on any atom is -0.348 e.